The second-order valence-corrected chi connectivity index (χ2v) is 4.00. The largest absolute Gasteiger partial charge is 0.317 e. The summed E-state index contributed by atoms with van der Waals surface area (Å²) in [5.41, 5.74) is 0. The summed E-state index contributed by atoms with van der Waals surface area (Å²) in [6.07, 6.45) is 9.04. The number of hydrogen-bond acceptors (Lipinski definition) is 3. The van der Waals surface area contributed by atoms with Gasteiger partial charge in [0.25, 0.3) is 0 Å². The summed E-state index contributed by atoms with van der Waals surface area (Å²) >= 11 is 0. The van der Waals surface area contributed by atoms with Crippen LogP contribution in [0.1, 0.15) is 25.7 Å². The second-order valence-electron chi connectivity index (χ2n) is 4.00. The Kier molecular flexibility index (Phi) is 3.51. The van der Waals surface area contributed by atoms with Gasteiger partial charge >= 0.3 is 0 Å². The SMILES string of the molecule is c1cn(CCCNCCC2CC2)nn1. The first kappa shape index (κ1) is 9.65. The molecule has 0 aromatic carbocycles. The van der Waals surface area contributed by atoms with E-state index in [0.717, 1.165) is 25.4 Å². The van der Waals surface area contributed by atoms with Gasteiger partial charge in [-0.2, -0.15) is 0 Å². The number of rotatable bonds is 7. The molecule has 4 heteroatoms. The van der Waals surface area contributed by atoms with Gasteiger partial charge in [-0.1, -0.05) is 18.1 Å². The molecule has 0 saturated heterocycles. The number of nitrogens with zero attached hydrogens (tertiary/aromatic N) is 3. The monoisotopic (exact) mass is 194 g/mol. The molecular weight excluding hydrogens is 176 g/mol. The summed E-state index contributed by atoms with van der Waals surface area (Å²) in [7, 11) is 0. The Labute approximate surface area is 84.7 Å². The molecule has 0 bridgehead atoms. The van der Waals surface area contributed by atoms with E-state index in [2.05, 4.69) is 15.6 Å². The van der Waals surface area contributed by atoms with Crippen molar-refractivity contribution in [2.45, 2.75) is 32.2 Å². The third kappa shape index (κ3) is 3.46. The lowest BCUT2D eigenvalue weighted by atomic mass is 10.3. The molecule has 0 aliphatic heterocycles. The molecule has 1 saturated carbocycles. The highest BCUT2D eigenvalue weighted by atomic mass is 15.4. The number of aromatic nitrogens is 3. The summed E-state index contributed by atoms with van der Waals surface area (Å²) in [5, 5.41) is 11.1. The fourth-order valence-electron chi connectivity index (χ4n) is 1.56. The van der Waals surface area contributed by atoms with Crippen LogP contribution in [0, 0.1) is 5.92 Å². The van der Waals surface area contributed by atoms with Gasteiger partial charge in [-0.25, -0.2) is 0 Å². The molecule has 1 aromatic rings. The normalized spacial score (nSPS) is 16.0. The molecular formula is C10H18N4. The first-order valence-corrected chi connectivity index (χ1v) is 5.50. The van der Waals surface area contributed by atoms with Gasteiger partial charge in [-0.3, -0.25) is 4.68 Å². The standard InChI is InChI=1S/C10H18N4/c1(8-14-9-7-12-13-14)5-11-6-4-10-2-3-10/h7,9-11H,1-6,8H2. The van der Waals surface area contributed by atoms with Crippen molar-refractivity contribution in [1.82, 2.24) is 20.3 Å². The van der Waals surface area contributed by atoms with E-state index in [1.807, 2.05) is 10.9 Å². The highest BCUT2D eigenvalue weighted by Gasteiger charge is 2.19. The zero-order valence-electron chi connectivity index (χ0n) is 8.52. The Bertz CT molecular complexity index is 241. The minimum Gasteiger partial charge on any atom is -0.317 e. The van der Waals surface area contributed by atoms with Crippen molar-refractivity contribution >= 4 is 0 Å². The van der Waals surface area contributed by atoms with Crippen molar-refractivity contribution in [3.05, 3.63) is 12.4 Å². The summed E-state index contributed by atoms with van der Waals surface area (Å²) in [4.78, 5) is 0. The van der Waals surface area contributed by atoms with Crippen LogP contribution in [-0.4, -0.2) is 28.1 Å². The maximum Gasteiger partial charge on any atom is 0.0692 e. The van der Waals surface area contributed by atoms with Crippen LogP contribution in [0.5, 0.6) is 0 Å². The zero-order chi connectivity index (χ0) is 9.64. The van der Waals surface area contributed by atoms with Crippen molar-refractivity contribution in [3.63, 3.8) is 0 Å². The van der Waals surface area contributed by atoms with E-state index in [1.54, 1.807) is 6.20 Å². The molecule has 1 fully saturated rings. The van der Waals surface area contributed by atoms with E-state index in [1.165, 1.54) is 25.8 Å². The average molecular weight is 194 g/mol. The van der Waals surface area contributed by atoms with E-state index < -0.39 is 0 Å². The molecule has 1 heterocycles. The van der Waals surface area contributed by atoms with Crippen molar-refractivity contribution in [3.8, 4) is 0 Å². The Balaban J connectivity index is 1.43. The molecule has 1 aliphatic carbocycles. The topological polar surface area (TPSA) is 42.7 Å². The Morgan fingerprint density at radius 1 is 1.36 bits per heavy atom. The Hall–Kier alpha value is -0.900. The van der Waals surface area contributed by atoms with Crippen LogP contribution >= 0.6 is 0 Å². The predicted octanol–water partition coefficient (Wildman–Crippen LogP) is 1.06. The van der Waals surface area contributed by atoms with Crippen LogP contribution in [0.2, 0.25) is 0 Å². The van der Waals surface area contributed by atoms with E-state index in [-0.39, 0.29) is 0 Å². The molecule has 1 aromatic heterocycles. The maximum atomic E-state index is 3.91. The molecule has 1 N–H and O–H groups in total. The number of aryl methyl sites for hydroxylation is 1. The van der Waals surface area contributed by atoms with Crippen LogP contribution in [0.4, 0.5) is 0 Å². The molecule has 0 unspecified atom stereocenters. The minimum atomic E-state index is 0.969. The fourth-order valence-corrected chi connectivity index (χ4v) is 1.56. The quantitative estimate of drug-likeness (QED) is 0.660. The lowest BCUT2D eigenvalue weighted by Crippen LogP contribution is -2.18. The van der Waals surface area contributed by atoms with Crippen LogP contribution in [0.15, 0.2) is 12.4 Å². The molecule has 0 radical (unpaired) electrons. The average Bonchev–Trinajstić information content (AvgIpc) is 2.87. The third-order valence-electron chi connectivity index (χ3n) is 2.64. The van der Waals surface area contributed by atoms with Crippen LogP contribution < -0.4 is 5.32 Å². The van der Waals surface area contributed by atoms with Crippen LogP contribution in [0.25, 0.3) is 0 Å². The molecule has 0 amide bonds. The molecule has 2 rings (SSSR count). The molecule has 78 valence electrons. The van der Waals surface area contributed by atoms with Gasteiger partial charge in [-0.15, -0.1) is 5.10 Å². The first-order valence-electron chi connectivity index (χ1n) is 5.50. The molecule has 0 spiro atoms. The summed E-state index contributed by atoms with van der Waals surface area (Å²) < 4.78 is 1.88. The summed E-state index contributed by atoms with van der Waals surface area (Å²) in [5.74, 6) is 1.04. The number of nitrogens with one attached hydrogen (secondary N) is 1. The predicted molar refractivity (Wildman–Crippen MR) is 54.8 cm³/mol. The van der Waals surface area contributed by atoms with Crippen molar-refractivity contribution in [2.75, 3.05) is 13.1 Å². The lowest BCUT2D eigenvalue weighted by Gasteiger charge is -2.03. The maximum absolute atomic E-state index is 3.91. The van der Waals surface area contributed by atoms with Gasteiger partial charge < -0.3 is 5.32 Å². The van der Waals surface area contributed by atoms with E-state index in [4.69, 9.17) is 0 Å². The van der Waals surface area contributed by atoms with Crippen LogP contribution in [0.3, 0.4) is 0 Å². The van der Waals surface area contributed by atoms with Gasteiger partial charge in [0.05, 0.1) is 6.20 Å². The highest BCUT2D eigenvalue weighted by molar-refractivity contribution is 4.73. The van der Waals surface area contributed by atoms with Crippen molar-refractivity contribution in [2.24, 2.45) is 5.92 Å². The summed E-state index contributed by atoms with van der Waals surface area (Å²) in [6.45, 7) is 3.24. The molecule has 0 atom stereocenters. The summed E-state index contributed by atoms with van der Waals surface area (Å²) in [6, 6.07) is 0. The number of hydrogen-bond donors (Lipinski definition) is 1. The smallest absolute Gasteiger partial charge is 0.0692 e. The third-order valence-corrected chi connectivity index (χ3v) is 2.64. The van der Waals surface area contributed by atoms with Gasteiger partial charge in [0.15, 0.2) is 0 Å². The lowest BCUT2D eigenvalue weighted by molar-refractivity contribution is 0.520. The molecule has 1 aliphatic rings. The van der Waals surface area contributed by atoms with Gasteiger partial charge in [0, 0.05) is 12.7 Å². The fraction of sp³-hybridized carbons (Fsp3) is 0.800. The second kappa shape index (κ2) is 5.10. The first-order chi connectivity index (χ1) is 6.95. The highest BCUT2D eigenvalue weighted by Crippen LogP contribution is 2.31. The minimum absolute atomic E-state index is 0.969. The molecule has 4 nitrogen and oxygen atoms in total. The van der Waals surface area contributed by atoms with Crippen molar-refractivity contribution in [1.29, 1.82) is 0 Å². The van der Waals surface area contributed by atoms with Crippen LogP contribution in [-0.2, 0) is 6.54 Å². The Morgan fingerprint density at radius 3 is 3.00 bits per heavy atom. The van der Waals surface area contributed by atoms with Gasteiger partial charge in [0.1, 0.15) is 0 Å². The van der Waals surface area contributed by atoms with E-state index in [0.29, 0.717) is 0 Å². The molecule has 14 heavy (non-hydrogen) atoms. The Morgan fingerprint density at radius 2 is 2.29 bits per heavy atom. The van der Waals surface area contributed by atoms with Crippen molar-refractivity contribution < 1.29 is 0 Å². The van der Waals surface area contributed by atoms with Gasteiger partial charge in [0.2, 0.25) is 0 Å². The zero-order valence-corrected chi connectivity index (χ0v) is 8.52. The van der Waals surface area contributed by atoms with E-state index in [9.17, 15) is 0 Å². The van der Waals surface area contributed by atoms with E-state index >= 15 is 0 Å². The van der Waals surface area contributed by atoms with Gasteiger partial charge in [-0.05, 0) is 31.8 Å².